The van der Waals surface area contributed by atoms with Gasteiger partial charge in [-0.3, -0.25) is 4.79 Å². The number of nitrogens with one attached hydrogen (secondary N) is 2. The van der Waals surface area contributed by atoms with Crippen LogP contribution in [0.3, 0.4) is 0 Å². The number of hydrogen-bond donors (Lipinski definition) is 2. The summed E-state index contributed by atoms with van der Waals surface area (Å²) in [5, 5.41) is 5.98. The molecule has 2 heterocycles. The number of carbonyl (C=O) groups is 1. The molecular formula is C20H21N3O4. The highest BCUT2D eigenvalue weighted by atomic mass is 16.5. The van der Waals surface area contributed by atoms with Gasteiger partial charge in [0.05, 0.1) is 45.3 Å². The molecule has 0 aliphatic heterocycles. The van der Waals surface area contributed by atoms with Crippen molar-refractivity contribution in [2.45, 2.75) is 13.0 Å². The lowest BCUT2D eigenvalue weighted by Crippen LogP contribution is -2.14. The third-order valence-corrected chi connectivity index (χ3v) is 3.88. The van der Waals surface area contributed by atoms with Crippen LogP contribution < -0.4 is 20.1 Å². The molecule has 140 valence electrons. The molecule has 7 heteroatoms. The molecule has 0 aliphatic rings. The van der Waals surface area contributed by atoms with Crippen LogP contribution in [-0.4, -0.2) is 25.1 Å². The third-order valence-electron chi connectivity index (χ3n) is 3.88. The van der Waals surface area contributed by atoms with Gasteiger partial charge in [0.1, 0.15) is 11.6 Å². The number of ether oxygens (including phenoxy) is 2. The Morgan fingerprint density at radius 3 is 2.63 bits per heavy atom. The molecule has 2 N–H and O–H groups in total. The summed E-state index contributed by atoms with van der Waals surface area (Å²) in [5.74, 6) is 2.61. The first-order valence-corrected chi connectivity index (χ1v) is 8.41. The van der Waals surface area contributed by atoms with E-state index in [-0.39, 0.29) is 12.3 Å². The maximum absolute atomic E-state index is 12.3. The molecule has 0 saturated heterocycles. The minimum atomic E-state index is -0.139. The molecule has 0 fully saturated rings. The van der Waals surface area contributed by atoms with Crippen LogP contribution in [0.5, 0.6) is 11.5 Å². The smallest absolute Gasteiger partial charge is 0.228 e. The van der Waals surface area contributed by atoms with Gasteiger partial charge in [-0.05, 0) is 42.0 Å². The average Bonchev–Trinajstić information content (AvgIpc) is 3.21. The Bertz CT molecular complexity index is 877. The fraction of sp³-hybridized carbons (Fsp3) is 0.200. The van der Waals surface area contributed by atoms with E-state index in [9.17, 15) is 4.79 Å². The first-order valence-electron chi connectivity index (χ1n) is 8.41. The molecule has 1 amide bonds. The second-order valence-corrected chi connectivity index (χ2v) is 5.78. The van der Waals surface area contributed by atoms with Crippen molar-refractivity contribution < 1.29 is 18.7 Å². The number of benzene rings is 1. The number of hydrogen-bond acceptors (Lipinski definition) is 6. The predicted octanol–water partition coefficient (Wildman–Crippen LogP) is 3.49. The quantitative estimate of drug-likeness (QED) is 0.634. The molecule has 3 rings (SSSR count). The monoisotopic (exact) mass is 367 g/mol. The van der Waals surface area contributed by atoms with Crippen LogP contribution in [0.4, 0.5) is 11.5 Å². The van der Waals surface area contributed by atoms with Crippen molar-refractivity contribution in [1.29, 1.82) is 0 Å². The van der Waals surface area contributed by atoms with Crippen LogP contribution >= 0.6 is 0 Å². The van der Waals surface area contributed by atoms with Crippen molar-refractivity contribution in [2.75, 3.05) is 24.9 Å². The van der Waals surface area contributed by atoms with Gasteiger partial charge in [0.15, 0.2) is 11.5 Å². The Kier molecular flexibility index (Phi) is 5.94. The van der Waals surface area contributed by atoms with Gasteiger partial charge in [-0.2, -0.15) is 0 Å². The van der Waals surface area contributed by atoms with E-state index >= 15 is 0 Å². The summed E-state index contributed by atoms with van der Waals surface area (Å²) in [6, 6.07) is 12.7. The number of carbonyl (C=O) groups excluding carboxylic acids is 1. The van der Waals surface area contributed by atoms with E-state index in [4.69, 9.17) is 13.9 Å². The highest BCUT2D eigenvalue weighted by molar-refractivity contribution is 5.92. The minimum Gasteiger partial charge on any atom is -0.493 e. The standard InChI is InChI=1S/C20H21N3O4/c1-25-17-7-5-14(10-18(17)26-2)11-20(24)23-15-6-8-19(21-12-15)22-13-16-4-3-9-27-16/h3-10,12H,11,13H2,1-2H3,(H,21,22)(H,23,24). The number of furan rings is 1. The van der Waals surface area contributed by atoms with Crippen LogP contribution in [0.25, 0.3) is 0 Å². The topological polar surface area (TPSA) is 85.6 Å². The predicted molar refractivity (Wildman–Crippen MR) is 102 cm³/mol. The third kappa shape index (κ3) is 5.01. The Balaban J connectivity index is 1.54. The highest BCUT2D eigenvalue weighted by Gasteiger charge is 2.09. The molecule has 0 radical (unpaired) electrons. The highest BCUT2D eigenvalue weighted by Crippen LogP contribution is 2.27. The van der Waals surface area contributed by atoms with Gasteiger partial charge in [0.2, 0.25) is 5.91 Å². The lowest BCUT2D eigenvalue weighted by Gasteiger charge is -2.10. The molecule has 1 aromatic carbocycles. The summed E-state index contributed by atoms with van der Waals surface area (Å²) in [4.78, 5) is 16.5. The van der Waals surface area contributed by atoms with E-state index in [2.05, 4.69) is 15.6 Å². The molecular weight excluding hydrogens is 346 g/mol. The average molecular weight is 367 g/mol. The largest absolute Gasteiger partial charge is 0.493 e. The SMILES string of the molecule is COc1ccc(CC(=O)Nc2ccc(NCc3ccco3)nc2)cc1OC. The molecule has 2 aromatic heterocycles. The fourth-order valence-corrected chi connectivity index (χ4v) is 2.54. The normalized spacial score (nSPS) is 10.3. The van der Waals surface area contributed by atoms with Gasteiger partial charge in [-0.1, -0.05) is 6.07 Å². The molecule has 0 bridgehead atoms. The minimum absolute atomic E-state index is 0.139. The summed E-state index contributed by atoms with van der Waals surface area (Å²) in [7, 11) is 3.14. The molecule has 7 nitrogen and oxygen atoms in total. The second kappa shape index (κ2) is 8.75. The van der Waals surface area contributed by atoms with Crippen molar-refractivity contribution >= 4 is 17.4 Å². The van der Waals surface area contributed by atoms with E-state index < -0.39 is 0 Å². The number of methoxy groups -OCH3 is 2. The second-order valence-electron chi connectivity index (χ2n) is 5.78. The molecule has 0 unspecified atom stereocenters. The molecule has 27 heavy (non-hydrogen) atoms. The number of nitrogens with zero attached hydrogens (tertiary/aromatic N) is 1. The van der Waals surface area contributed by atoms with Crippen molar-refractivity contribution in [3.8, 4) is 11.5 Å². The van der Waals surface area contributed by atoms with Gasteiger partial charge < -0.3 is 24.5 Å². The van der Waals surface area contributed by atoms with Gasteiger partial charge in [0, 0.05) is 0 Å². The first-order chi connectivity index (χ1) is 13.2. The lowest BCUT2D eigenvalue weighted by molar-refractivity contribution is -0.115. The fourth-order valence-electron chi connectivity index (χ4n) is 2.54. The van der Waals surface area contributed by atoms with Crippen molar-refractivity contribution in [3.63, 3.8) is 0 Å². The summed E-state index contributed by atoms with van der Waals surface area (Å²) in [6.45, 7) is 0.547. The van der Waals surface area contributed by atoms with E-state index in [1.54, 1.807) is 50.9 Å². The number of rotatable bonds is 8. The van der Waals surface area contributed by atoms with Gasteiger partial charge in [-0.25, -0.2) is 4.98 Å². The molecule has 0 saturated carbocycles. The Hall–Kier alpha value is -3.48. The van der Waals surface area contributed by atoms with Gasteiger partial charge in [-0.15, -0.1) is 0 Å². The maximum Gasteiger partial charge on any atom is 0.228 e. The zero-order chi connectivity index (χ0) is 19.1. The summed E-state index contributed by atoms with van der Waals surface area (Å²) >= 11 is 0. The van der Waals surface area contributed by atoms with E-state index in [1.807, 2.05) is 18.2 Å². The molecule has 0 aliphatic carbocycles. The van der Waals surface area contributed by atoms with Crippen molar-refractivity contribution in [2.24, 2.45) is 0 Å². The lowest BCUT2D eigenvalue weighted by atomic mass is 10.1. The number of pyridine rings is 1. The maximum atomic E-state index is 12.3. The molecule has 3 aromatic rings. The number of aromatic nitrogens is 1. The zero-order valence-corrected chi connectivity index (χ0v) is 15.2. The summed E-state index contributed by atoms with van der Waals surface area (Å²) in [5.41, 5.74) is 1.46. The van der Waals surface area contributed by atoms with Crippen LogP contribution in [0, 0.1) is 0 Å². The molecule has 0 spiro atoms. The Morgan fingerprint density at radius 2 is 1.96 bits per heavy atom. The van der Waals surface area contributed by atoms with Crippen LogP contribution in [0.2, 0.25) is 0 Å². The summed E-state index contributed by atoms with van der Waals surface area (Å²) in [6.07, 6.45) is 3.46. The Morgan fingerprint density at radius 1 is 1.11 bits per heavy atom. The van der Waals surface area contributed by atoms with Crippen molar-refractivity contribution in [3.05, 3.63) is 66.2 Å². The zero-order valence-electron chi connectivity index (χ0n) is 15.2. The van der Waals surface area contributed by atoms with Crippen molar-refractivity contribution in [1.82, 2.24) is 4.98 Å². The van der Waals surface area contributed by atoms with Crippen LogP contribution in [0.1, 0.15) is 11.3 Å². The number of amides is 1. The van der Waals surface area contributed by atoms with E-state index in [0.717, 1.165) is 11.3 Å². The molecule has 0 atom stereocenters. The number of anilines is 2. The van der Waals surface area contributed by atoms with Crippen LogP contribution in [-0.2, 0) is 17.8 Å². The van der Waals surface area contributed by atoms with E-state index in [0.29, 0.717) is 29.5 Å². The van der Waals surface area contributed by atoms with E-state index in [1.165, 1.54) is 0 Å². The van der Waals surface area contributed by atoms with Crippen LogP contribution in [0.15, 0.2) is 59.3 Å². The first kappa shape index (κ1) is 18.3. The summed E-state index contributed by atoms with van der Waals surface area (Å²) < 4.78 is 15.7. The van der Waals surface area contributed by atoms with Gasteiger partial charge in [0.25, 0.3) is 0 Å². The Labute approximate surface area is 157 Å². The van der Waals surface area contributed by atoms with Gasteiger partial charge >= 0.3 is 0 Å².